The third-order valence-electron chi connectivity index (χ3n) is 1.33. The number of hydrogen-bond acceptors (Lipinski definition) is 4. The molecule has 6 heteroatoms. The van der Waals surface area contributed by atoms with Gasteiger partial charge in [-0.1, -0.05) is 0 Å². The van der Waals surface area contributed by atoms with E-state index in [1.807, 2.05) is 0 Å². The molecule has 0 amide bonds. The average molecular weight is 200 g/mol. The molecule has 1 rings (SSSR count). The van der Waals surface area contributed by atoms with Gasteiger partial charge in [-0.15, -0.1) is 0 Å². The van der Waals surface area contributed by atoms with Crippen molar-refractivity contribution in [2.45, 2.75) is 17.9 Å². The van der Waals surface area contributed by atoms with Crippen molar-refractivity contribution in [2.75, 3.05) is 0 Å². The second-order valence-corrected chi connectivity index (χ2v) is 4.15. The van der Waals surface area contributed by atoms with Crippen LogP contribution in [0.4, 0.5) is 0 Å². The lowest BCUT2D eigenvalue weighted by atomic mass is 10.4. The highest BCUT2D eigenvalue weighted by Crippen LogP contribution is 2.08. The average Bonchev–Trinajstić information content (AvgIpc) is 2.55. The summed E-state index contributed by atoms with van der Waals surface area (Å²) in [6.07, 6.45) is 2.36. The second-order valence-electron chi connectivity index (χ2n) is 2.43. The Kier molecular flexibility index (Phi) is 2.70. The fraction of sp³-hybridized carbons (Fsp3) is 0.286. The first-order valence-electron chi connectivity index (χ1n) is 3.50. The molecule has 0 spiro atoms. The Balaban J connectivity index is 2.87. The molecular formula is C7H8N2O3S. The van der Waals surface area contributed by atoms with Crippen LogP contribution in [0.3, 0.4) is 0 Å². The third kappa shape index (κ3) is 2.31. The van der Waals surface area contributed by atoms with E-state index in [9.17, 15) is 8.42 Å². The van der Waals surface area contributed by atoms with E-state index >= 15 is 0 Å². The molecular weight excluding hydrogens is 192 g/mol. The maximum atomic E-state index is 11.3. The molecule has 0 radical (unpaired) electrons. The number of hydrogen-bond donors (Lipinski definition) is 1. The van der Waals surface area contributed by atoms with Gasteiger partial charge in [0, 0.05) is 0 Å². The van der Waals surface area contributed by atoms with Gasteiger partial charge in [-0.2, -0.15) is 9.98 Å². The van der Waals surface area contributed by atoms with Crippen LogP contribution in [0, 0.1) is 11.3 Å². The van der Waals surface area contributed by atoms with E-state index in [-0.39, 0.29) is 4.90 Å². The largest absolute Gasteiger partial charge is 0.471 e. The topological polar surface area (TPSA) is 83.1 Å². The number of rotatable bonds is 3. The van der Waals surface area contributed by atoms with Crippen LogP contribution in [-0.2, 0) is 10.0 Å². The van der Waals surface area contributed by atoms with Crippen molar-refractivity contribution in [3.8, 4) is 6.07 Å². The number of nitriles is 1. The van der Waals surface area contributed by atoms with E-state index in [0.717, 1.165) is 6.26 Å². The lowest BCUT2D eigenvalue weighted by Gasteiger charge is -2.04. The van der Waals surface area contributed by atoms with Crippen molar-refractivity contribution in [1.29, 1.82) is 5.26 Å². The molecule has 5 nitrogen and oxygen atoms in total. The Bertz CT molecular complexity index is 401. The number of sulfonamides is 1. The maximum Gasteiger partial charge on any atom is 0.244 e. The lowest BCUT2D eigenvalue weighted by Crippen LogP contribution is -2.31. The molecule has 1 N–H and O–H groups in total. The van der Waals surface area contributed by atoms with Crippen molar-refractivity contribution in [3.05, 3.63) is 18.6 Å². The first-order valence-corrected chi connectivity index (χ1v) is 4.99. The van der Waals surface area contributed by atoms with Crippen LogP contribution in [0.15, 0.2) is 27.9 Å². The first-order chi connectivity index (χ1) is 6.06. The molecule has 0 fully saturated rings. The summed E-state index contributed by atoms with van der Waals surface area (Å²) in [5.74, 6) is 0. The quantitative estimate of drug-likeness (QED) is 0.768. The van der Waals surface area contributed by atoms with Gasteiger partial charge in [0.05, 0.1) is 12.3 Å². The minimum atomic E-state index is -3.59. The highest BCUT2D eigenvalue weighted by molar-refractivity contribution is 7.89. The van der Waals surface area contributed by atoms with Gasteiger partial charge in [-0.25, -0.2) is 8.42 Å². The van der Waals surface area contributed by atoms with Gasteiger partial charge in [0.2, 0.25) is 10.0 Å². The van der Waals surface area contributed by atoms with Gasteiger partial charge in [-0.3, -0.25) is 0 Å². The standard InChI is InChI=1S/C7H8N2O3S/c1-6(4-8)9-13(10,11)7-2-3-12-5-7/h2-3,5-6,9H,1H3/t6-/m0/s1. The summed E-state index contributed by atoms with van der Waals surface area (Å²) in [4.78, 5) is 0.0228. The lowest BCUT2D eigenvalue weighted by molar-refractivity contribution is 0.552. The normalized spacial score (nSPS) is 13.5. The van der Waals surface area contributed by atoms with Gasteiger partial charge in [0.25, 0.3) is 0 Å². The van der Waals surface area contributed by atoms with Crippen molar-refractivity contribution in [3.63, 3.8) is 0 Å². The highest BCUT2D eigenvalue weighted by Gasteiger charge is 2.17. The van der Waals surface area contributed by atoms with Crippen LogP contribution >= 0.6 is 0 Å². The van der Waals surface area contributed by atoms with Crippen molar-refractivity contribution in [1.82, 2.24) is 4.72 Å². The number of furan rings is 1. The van der Waals surface area contributed by atoms with Gasteiger partial charge < -0.3 is 4.42 Å². The zero-order chi connectivity index (χ0) is 9.90. The molecule has 0 bridgehead atoms. The molecule has 0 saturated heterocycles. The summed E-state index contributed by atoms with van der Waals surface area (Å²) in [5, 5.41) is 8.40. The number of nitrogens with one attached hydrogen (secondary N) is 1. The molecule has 0 unspecified atom stereocenters. The summed E-state index contributed by atoms with van der Waals surface area (Å²) in [5.41, 5.74) is 0. The molecule has 1 aromatic heterocycles. The maximum absolute atomic E-state index is 11.3. The van der Waals surface area contributed by atoms with Crippen LogP contribution in [0.5, 0.6) is 0 Å². The molecule has 13 heavy (non-hydrogen) atoms. The van der Waals surface area contributed by atoms with Gasteiger partial charge in [0.15, 0.2) is 0 Å². The van der Waals surface area contributed by atoms with Crippen molar-refractivity contribution in [2.24, 2.45) is 0 Å². The summed E-state index contributed by atoms with van der Waals surface area (Å²) in [7, 11) is -3.59. The van der Waals surface area contributed by atoms with Crippen LogP contribution in [0.1, 0.15) is 6.92 Å². The molecule has 0 aliphatic carbocycles. The van der Waals surface area contributed by atoms with Crippen LogP contribution in [-0.4, -0.2) is 14.5 Å². The van der Waals surface area contributed by atoms with E-state index in [0.29, 0.717) is 0 Å². The SMILES string of the molecule is C[C@@H](C#N)NS(=O)(=O)c1ccoc1. The fourth-order valence-corrected chi connectivity index (χ4v) is 1.80. The van der Waals surface area contributed by atoms with Crippen LogP contribution in [0.2, 0.25) is 0 Å². The molecule has 1 atom stereocenters. The molecule has 1 aromatic rings. The number of nitrogens with zero attached hydrogens (tertiary/aromatic N) is 1. The van der Waals surface area contributed by atoms with Gasteiger partial charge in [0.1, 0.15) is 17.2 Å². The first kappa shape index (κ1) is 9.77. The van der Waals surface area contributed by atoms with Crippen molar-refractivity contribution < 1.29 is 12.8 Å². The molecule has 0 aliphatic rings. The van der Waals surface area contributed by atoms with Crippen LogP contribution in [0.25, 0.3) is 0 Å². The summed E-state index contributed by atoms with van der Waals surface area (Å²) >= 11 is 0. The predicted molar refractivity (Wildman–Crippen MR) is 44.1 cm³/mol. The summed E-state index contributed by atoms with van der Waals surface area (Å²) in [6.45, 7) is 1.46. The van der Waals surface area contributed by atoms with E-state index in [2.05, 4.69) is 9.14 Å². The molecule has 1 heterocycles. The predicted octanol–water partition coefficient (Wildman–Crippen LogP) is 0.470. The third-order valence-corrected chi connectivity index (χ3v) is 2.85. The zero-order valence-electron chi connectivity index (χ0n) is 6.89. The monoisotopic (exact) mass is 200 g/mol. The zero-order valence-corrected chi connectivity index (χ0v) is 7.71. The molecule has 0 saturated carbocycles. The minimum Gasteiger partial charge on any atom is -0.471 e. The van der Waals surface area contributed by atoms with Gasteiger partial charge in [-0.05, 0) is 13.0 Å². The van der Waals surface area contributed by atoms with E-state index in [1.165, 1.54) is 19.3 Å². The van der Waals surface area contributed by atoms with Gasteiger partial charge >= 0.3 is 0 Å². The Labute approximate surface area is 76.0 Å². The Morgan fingerprint density at radius 1 is 1.69 bits per heavy atom. The smallest absolute Gasteiger partial charge is 0.244 e. The molecule has 0 aliphatic heterocycles. The van der Waals surface area contributed by atoms with E-state index < -0.39 is 16.1 Å². The van der Waals surface area contributed by atoms with Crippen molar-refractivity contribution >= 4 is 10.0 Å². The Morgan fingerprint density at radius 3 is 2.85 bits per heavy atom. The Morgan fingerprint density at radius 2 is 2.38 bits per heavy atom. The molecule has 70 valence electrons. The minimum absolute atomic E-state index is 0.0228. The second kappa shape index (κ2) is 3.60. The fourth-order valence-electron chi connectivity index (χ4n) is 0.732. The summed E-state index contributed by atoms with van der Waals surface area (Å²) < 4.78 is 29.5. The summed E-state index contributed by atoms with van der Waals surface area (Å²) in [6, 6.07) is 2.32. The molecule has 0 aromatic carbocycles. The highest BCUT2D eigenvalue weighted by atomic mass is 32.2. The van der Waals surface area contributed by atoms with Crippen LogP contribution < -0.4 is 4.72 Å². The van der Waals surface area contributed by atoms with E-state index in [1.54, 1.807) is 6.07 Å². The Hall–Kier alpha value is -1.32. The van der Waals surface area contributed by atoms with E-state index in [4.69, 9.17) is 5.26 Å².